The summed E-state index contributed by atoms with van der Waals surface area (Å²) in [4.78, 5) is 9.04. The minimum Gasteiger partial charge on any atom is -0.387 e. The van der Waals surface area contributed by atoms with E-state index in [1.54, 1.807) is 22.6 Å². The normalized spacial score (nSPS) is 20.2. The minimum atomic E-state index is -3.54. The molecule has 8 heteroatoms. The number of nitrogens with zero attached hydrogens (tertiary/aromatic N) is 4. The molecule has 0 spiro atoms. The van der Waals surface area contributed by atoms with E-state index in [2.05, 4.69) is 14.8 Å². The largest absolute Gasteiger partial charge is 0.387 e. The smallest absolute Gasteiger partial charge is 0.246 e. The third-order valence-corrected chi connectivity index (χ3v) is 7.89. The maximum absolute atomic E-state index is 13.2. The average molecular weight is 431 g/mol. The molecule has 4 rings (SSSR count). The quantitative estimate of drug-likeness (QED) is 0.757. The van der Waals surface area contributed by atoms with E-state index in [-0.39, 0.29) is 0 Å². The molecule has 0 bridgehead atoms. The van der Waals surface area contributed by atoms with Gasteiger partial charge in [0.2, 0.25) is 10.0 Å². The summed E-state index contributed by atoms with van der Waals surface area (Å²) in [6.45, 7) is 4.61. The van der Waals surface area contributed by atoms with E-state index in [0.717, 1.165) is 37.9 Å². The standard InChI is InChI=1S/C22H30N4O3S/c27-20(19-8-3-1-4-9-19)18-24-14-16-25(17-15-24)22-21(10-7-11-23-22)30(28,29)26-12-5-2-6-13-26/h1,3-4,7-11,20,27H,2,5-6,12-18H2. The Morgan fingerprint density at radius 3 is 2.30 bits per heavy atom. The molecule has 162 valence electrons. The van der Waals surface area contributed by atoms with Gasteiger partial charge in [0.25, 0.3) is 0 Å². The molecular formula is C22H30N4O3S. The van der Waals surface area contributed by atoms with Crippen molar-refractivity contribution in [2.24, 2.45) is 0 Å². The van der Waals surface area contributed by atoms with Gasteiger partial charge in [-0.3, -0.25) is 4.90 Å². The van der Waals surface area contributed by atoms with Gasteiger partial charge in [-0.1, -0.05) is 36.8 Å². The Bertz CT molecular complexity index is 924. The first kappa shape index (κ1) is 21.2. The van der Waals surface area contributed by atoms with Crippen molar-refractivity contribution in [1.29, 1.82) is 0 Å². The zero-order chi connectivity index (χ0) is 21.0. The zero-order valence-corrected chi connectivity index (χ0v) is 18.0. The van der Waals surface area contributed by atoms with Crippen LogP contribution >= 0.6 is 0 Å². The maximum Gasteiger partial charge on any atom is 0.246 e. The molecule has 0 aliphatic carbocycles. The van der Waals surface area contributed by atoms with Crippen LogP contribution in [0.1, 0.15) is 30.9 Å². The number of benzene rings is 1. The molecule has 0 radical (unpaired) electrons. The summed E-state index contributed by atoms with van der Waals surface area (Å²) in [5.74, 6) is 0.548. The van der Waals surface area contributed by atoms with Gasteiger partial charge < -0.3 is 10.0 Å². The highest BCUT2D eigenvalue weighted by atomic mass is 32.2. The average Bonchev–Trinajstić information content (AvgIpc) is 2.81. The van der Waals surface area contributed by atoms with Crippen molar-refractivity contribution in [3.8, 4) is 0 Å². The van der Waals surface area contributed by atoms with Crippen molar-refractivity contribution in [3.05, 3.63) is 54.2 Å². The maximum atomic E-state index is 13.2. The molecule has 1 atom stereocenters. The first-order chi connectivity index (χ1) is 14.6. The number of piperazine rings is 1. The van der Waals surface area contributed by atoms with E-state index in [4.69, 9.17) is 0 Å². The summed E-state index contributed by atoms with van der Waals surface area (Å²) < 4.78 is 28.1. The SMILES string of the molecule is O=S(=O)(c1cccnc1N1CCN(CC(O)c2ccccc2)CC1)N1CCCCC1. The van der Waals surface area contributed by atoms with Gasteiger partial charge in [-0.15, -0.1) is 0 Å². The van der Waals surface area contributed by atoms with Crippen LogP contribution in [0, 0.1) is 0 Å². The summed E-state index contributed by atoms with van der Waals surface area (Å²) in [6, 6.07) is 13.1. The Morgan fingerprint density at radius 2 is 1.60 bits per heavy atom. The van der Waals surface area contributed by atoms with Gasteiger partial charge in [0.1, 0.15) is 10.7 Å². The second kappa shape index (κ2) is 9.43. The highest BCUT2D eigenvalue weighted by Gasteiger charge is 2.31. The summed E-state index contributed by atoms with van der Waals surface area (Å²) in [5.41, 5.74) is 0.916. The van der Waals surface area contributed by atoms with Crippen LogP contribution in [0.3, 0.4) is 0 Å². The number of pyridine rings is 1. The number of hydrogen-bond acceptors (Lipinski definition) is 6. The molecule has 0 saturated carbocycles. The predicted molar refractivity (Wildman–Crippen MR) is 117 cm³/mol. The van der Waals surface area contributed by atoms with Crippen molar-refractivity contribution >= 4 is 15.8 Å². The molecule has 30 heavy (non-hydrogen) atoms. The molecule has 2 aromatic rings. The van der Waals surface area contributed by atoms with E-state index in [1.807, 2.05) is 30.3 Å². The predicted octanol–water partition coefficient (Wildman–Crippen LogP) is 2.11. The molecule has 1 unspecified atom stereocenters. The van der Waals surface area contributed by atoms with E-state index in [0.29, 0.717) is 43.4 Å². The lowest BCUT2D eigenvalue weighted by molar-refractivity contribution is 0.109. The second-order valence-electron chi connectivity index (χ2n) is 8.00. The molecule has 2 aliphatic heterocycles. The molecule has 7 nitrogen and oxygen atoms in total. The van der Waals surface area contributed by atoms with Crippen LogP contribution in [-0.4, -0.2) is 73.5 Å². The molecule has 2 fully saturated rings. The molecule has 2 aliphatic rings. The number of aliphatic hydroxyl groups excluding tert-OH is 1. The van der Waals surface area contributed by atoms with Gasteiger partial charge in [-0.25, -0.2) is 13.4 Å². The lowest BCUT2D eigenvalue weighted by Crippen LogP contribution is -2.48. The number of piperidine rings is 1. The molecule has 3 heterocycles. The third kappa shape index (κ3) is 4.67. The first-order valence-electron chi connectivity index (χ1n) is 10.7. The van der Waals surface area contributed by atoms with Crippen LogP contribution < -0.4 is 4.90 Å². The first-order valence-corrected chi connectivity index (χ1v) is 12.2. The van der Waals surface area contributed by atoms with E-state index in [1.165, 1.54) is 0 Å². The van der Waals surface area contributed by atoms with Crippen LogP contribution in [0.2, 0.25) is 0 Å². The van der Waals surface area contributed by atoms with Crippen LogP contribution in [0.5, 0.6) is 0 Å². The number of aromatic nitrogens is 1. The highest BCUT2D eigenvalue weighted by Crippen LogP contribution is 2.28. The Morgan fingerprint density at radius 1 is 0.900 bits per heavy atom. The second-order valence-corrected chi connectivity index (χ2v) is 9.91. The minimum absolute atomic E-state index is 0.310. The lowest BCUT2D eigenvalue weighted by Gasteiger charge is -2.37. The summed E-state index contributed by atoms with van der Waals surface area (Å²) in [7, 11) is -3.54. The Kier molecular flexibility index (Phi) is 6.67. The molecule has 1 aromatic heterocycles. The van der Waals surface area contributed by atoms with Crippen LogP contribution in [0.15, 0.2) is 53.6 Å². The monoisotopic (exact) mass is 430 g/mol. The van der Waals surface area contributed by atoms with Crippen LogP contribution in [-0.2, 0) is 10.0 Å². The topological polar surface area (TPSA) is 77.0 Å². The molecule has 2 saturated heterocycles. The molecule has 1 N–H and O–H groups in total. The van der Waals surface area contributed by atoms with Gasteiger partial charge in [0.05, 0.1) is 6.10 Å². The number of sulfonamides is 1. The van der Waals surface area contributed by atoms with Crippen molar-refractivity contribution in [3.63, 3.8) is 0 Å². The fourth-order valence-electron chi connectivity index (χ4n) is 4.23. The van der Waals surface area contributed by atoms with Gasteiger partial charge in [-0.05, 0) is 30.5 Å². The van der Waals surface area contributed by atoms with Crippen molar-refractivity contribution < 1.29 is 13.5 Å². The number of aliphatic hydroxyl groups is 1. The van der Waals surface area contributed by atoms with Crippen molar-refractivity contribution in [2.75, 3.05) is 50.7 Å². The zero-order valence-electron chi connectivity index (χ0n) is 17.2. The summed E-state index contributed by atoms with van der Waals surface area (Å²) >= 11 is 0. The molecular weight excluding hydrogens is 400 g/mol. The Labute approximate surface area is 179 Å². The Balaban J connectivity index is 1.43. The molecule has 0 amide bonds. The summed E-state index contributed by atoms with van der Waals surface area (Å²) in [5, 5.41) is 10.5. The van der Waals surface area contributed by atoms with E-state index >= 15 is 0 Å². The third-order valence-electron chi connectivity index (χ3n) is 5.97. The summed E-state index contributed by atoms with van der Waals surface area (Å²) in [6.07, 6.45) is 4.05. The molecule has 1 aromatic carbocycles. The van der Waals surface area contributed by atoms with Gasteiger partial charge in [-0.2, -0.15) is 4.31 Å². The van der Waals surface area contributed by atoms with Gasteiger partial charge >= 0.3 is 0 Å². The highest BCUT2D eigenvalue weighted by molar-refractivity contribution is 7.89. The number of rotatable bonds is 6. The lowest BCUT2D eigenvalue weighted by atomic mass is 10.1. The van der Waals surface area contributed by atoms with Gasteiger partial charge in [0, 0.05) is 52.0 Å². The number of β-amino-alcohol motifs (C(OH)–C–C–N with tert-alkyl or cyclic N) is 1. The van der Waals surface area contributed by atoms with Gasteiger partial charge in [0.15, 0.2) is 0 Å². The van der Waals surface area contributed by atoms with E-state index < -0.39 is 16.1 Å². The van der Waals surface area contributed by atoms with Crippen LogP contribution in [0.4, 0.5) is 5.82 Å². The van der Waals surface area contributed by atoms with Crippen LogP contribution in [0.25, 0.3) is 0 Å². The Hall–Kier alpha value is -2.00. The van der Waals surface area contributed by atoms with E-state index in [9.17, 15) is 13.5 Å². The fraction of sp³-hybridized carbons (Fsp3) is 0.500. The number of hydrogen-bond donors (Lipinski definition) is 1. The van der Waals surface area contributed by atoms with Crippen molar-refractivity contribution in [2.45, 2.75) is 30.3 Å². The fourth-order valence-corrected chi connectivity index (χ4v) is 5.91. The van der Waals surface area contributed by atoms with Crippen molar-refractivity contribution in [1.82, 2.24) is 14.2 Å². The number of anilines is 1.